The molecule has 0 unspecified atom stereocenters. The maximum atomic E-state index is 5.62. The zero-order valence-electron chi connectivity index (χ0n) is 8.61. The largest absolute Gasteiger partial charge is 0.493 e. The molecule has 3 nitrogen and oxygen atoms in total. The molecule has 4 heteroatoms. The fourth-order valence-electron chi connectivity index (χ4n) is 1.04. The molecule has 0 saturated carbocycles. The minimum Gasteiger partial charge on any atom is -0.493 e. The number of halogens is 1. The maximum Gasteiger partial charge on any atom is 0.163 e. The maximum absolute atomic E-state index is 5.62. The molecule has 2 N–H and O–H groups in total. The van der Waals surface area contributed by atoms with Gasteiger partial charge in [0.2, 0.25) is 0 Å². The van der Waals surface area contributed by atoms with Gasteiger partial charge in [0.1, 0.15) is 0 Å². The minimum absolute atomic E-state index is 0. The first kappa shape index (κ1) is 12.9. The molecule has 0 atom stereocenters. The lowest BCUT2D eigenvalue weighted by molar-refractivity contribution is 0.230. The molecule has 0 amide bonds. The van der Waals surface area contributed by atoms with Gasteiger partial charge in [0.15, 0.2) is 11.5 Å². The second-order valence-electron chi connectivity index (χ2n) is 3.08. The standard InChI is InChI=1S/C10H15NO2.ClH/c1-7(2)13-10-6-8(11)4-5-9(10)12-3;/h4-7H,11H2,1-3H3;1H. The molecule has 0 aliphatic rings. The Labute approximate surface area is 90.6 Å². The van der Waals surface area contributed by atoms with E-state index in [1.165, 1.54) is 0 Å². The highest BCUT2D eigenvalue weighted by molar-refractivity contribution is 5.85. The zero-order valence-corrected chi connectivity index (χ0v) is 9.43. The van der Waals surface area contributed by atoms with Gasteiger partial charge in [0, 0.05) is 11.8 Å². The quantitative estimate of drug-likeness (QED) is 0.792. The van der Waals surface area contributed by atoms with Crippen LogP contribution in [-0.2, 0) is 0 Å². The summed E-state index contributed by atoms with van der Waals surface area (Å²) < 4.78 is 10.6. The van der Waals surface area contributed by atoms with Crippen molar-refractivity contribution in [2.75, 3.05) is 12.8 Å². The first-order valence-corrected chi connectivity index (χ1v) is 4.23. The van der Waals surface area contributed by atoms with Crippen molar-refractivity contribution in [3.05, 3.63) is 18.2 Å². The molecule has 0 fully saturated rings. The minimum atomic E-state index is 0. The van der Waals surface area contributed by atoms with E-state index in [-0.39, 0.29) is 18.5 Å². The van der Waals surface area contributed by atoms with Crippen molar-refractivity contribution in [2.24, 2.45) is 0 Å². The van der Waals surface area contributed by atoms with Crippen LogP contribution in [0, 0.1) is 0 Å². The van der Waals surface area contributed by atoms with E-state index in [1.54, 1.807) is 25.3 Å². The Balaban J connectivity index is 0.00000169. The van der Waals surface area contributed by atoms with Gasteiger partial charge in [0.25, 0.3) is 0 Å². The molecular weight excluding hydrogens is 202 g/mol. The summed E-state index contributed by atoms with van der Waals surface area (Å²) in [5, 5.41) is 0. The van der Waals surface area contributed by atoms with E-state index in [9.17, 15) is 0 Å². The van der Waals surface area contributed by atoms with Crippen LogP contribution in [0.3, 0.4) is 0 Å². The highest BCUT2D eigenvalue weighted by Crippen LogP contribution is 2.29. The van der Waals surface area contributed by atoms with Crippen LogP contribution < -0.4 is 15.2 Å². The third-order valence-corrected chi connectivity index (χ3v) is 1.55. The molecule has 0 aliphatic carbocycles. The summed E-state index contributed by atoms with van der Waals surface area (Å²) in [6.45, 7) is 3.92. The molecule has 0 radical (unpaired) electrons. The summed E-state index contributed by atoms with van der Waals surface area (Å²) in [5.41, 5.74) is 6.30. The molecule has 0 aliphatic heterocycles. The highest BCUT2D eigenvalue weighted by atomic mass is 35.5. The molecular formula is C10H16ClNO2. The van der Waals surface area contributed by atoms with E-state index in [4.69, 9.17) is 15.2 Å². The average Bonchev–Trinajstić information content (AvgIpc) is 2.03. The smallest absolute Gasteiger partial charge is 0.163 e. The summed E-state index contributed by atoms with van der Waals surface area (Å²) in [5.74, 6) is 1.40. The first-order chi connectivity index (χ1) is 6.13. The number of hydrogen-bond acceptors (Lipinski definition) is 3. The van der Waals surface area contributed by atoms with Crippen LogP contribution in [0.15, 0.2) is 18.2 Å². The fourth-order valence-corrected chi connectivity index (χ4v) is 1.04. The third-order valence-electron chi connectivity index (χ3n) is 1.55. The molecule has 1 rings (SSSR count). The molecule has 0 bridgehead atoms. The fraction of sp³-hybridized carbons (Fsp3) is 0.400. The van der Waals surface area contributed by atoms with E-state index in [0.717, 1.165) is 0 Å². The summed E-state index contributed by atoms with van der Waals surface area (Å²) in [6, 6.07) is 5.35. The summed E-state index contributed by atoms with van der Waals surface area (Å²) in [7, 11) is 1.61. The Hall–Kier alpha value is -1.09. The molecule has 0 saturated heterocycles. The second kappa shape index (κ2) is 5.60. The van der Waals surface area contributed by atoms with Crippen molar-refractivity contribution >= 4 is 18.1 Å². The van der Waals surface area contributed by atoms with Crippen LogP contribution in [0.2, 0.25) is 0 Å². The third kappa shape index (κ3) is 3.34. The Morgan fingerprint density at radius 1 is 1.21 bits per heavy atom. The van der Waals surface area contributed by atoms with Gasteiger partial charge in [-0.3, -0.25) is 0 Å². The van der Waals surface area contributed by atoms with Crippen molar-refractivity contribution in [3.8, 4) is 11.5 Å². The Bertz CT molecular complexity index is 289. The predicted octanol–water partition coefficient (Wildman–Crippen LogP) is 2.49. The van der Waals surface area contributed by atoms with Crippen molar-refractivity contribution in [1.29, 1.82) is 0 Å². The molecule has 80 valence electrons. The van der Waals surface area contributed by atoms with Crippen molar-refractivity contribution in [3.63, 3.8) is 0 Å². The van der Waals surface area contributed by atoms with Gasteiger partial charge in [-0.05, 0) is 26.0 Å². The van der Waals surface area contributed by atoms with Crippen LogP contribution in [-0.4, -0.2) is 13.2 Å². The number of ether oxygens (including phenoxy) is 2. The lowest BCUT2D eigenvalue weighted by Gasteiger charge is -2.13. The van der Waals surface area contributed by atoms with Gasteiger partial charge in [-0.25, -0.2) is 0 Å². The molecule has 1 aromatic rings. The number of nitrogen functional groups attached to an aromatic ring is 1. The van der Waals surface area contributed by atoms with E-state index >= 15 is 0 Å². The average molecular weight is 218 g/mol. The Kier molecular flexibility index (Phi) is 5.16. The number of benzene rings is 1. The predicted molar refractivity (Wildman–Crippen MR) is 60.4 cm³/mol. The van der Waals surface area contributed by atoms with Gasteiger partial charge in [-0.1, -0.05) is 0 Å². The van der Waals surface area contributed by atoms with Gasteiger partial charge in [-0.2, -0.15) is 0 Å². The number of hydrogen-bond donors (Lipinski definition) is 1. The van der Waals surface area contributed by atoms with Crippen molar-refractivity contribution in [1.82, 2.24) is 0 Å². The lowest BCUT2D eigenvalue weighted by atomic mass is 10.3. The number of methoxy groups -OCH3 is 1. The summed E-state index contributed by atoms with van der Waals surface area (Å²) in [6.07, 6.45) is 0.121. The molecule has 1 aromatic carbocycles. The molecule has 14 heavy (non-hydrogen) atoms. The monoisotopic (exact) mass is 217 g/mol. The lowest BCUT2D eigenvalue weighted by Crippen LogP contribution is -2.06. The molecule has 0 spiro atoms. The van der Waals surface area contributed by atoms with Crippen LogP contribution in [0.1, 0.15) is 13.8 Å². The van der Waals surface area contributed by atoms with Crippen molar-refractivity contribution in [2.45, 2.75) is 20.0 Å². The Morgan fingerprint density at radius 2 is 1.86 bits per heavy atom. The number of nitrogens with two attached hydrogens (primary N) is 1. The molecule has 0 heterocycles. The van der Waals surface area contributed by atoms with Crippen LogP contribution in [0.25, 0.3) is 0 Å². The topological polar surface area (TPSA) is 44.5 Å². The van der Waals surface area contributed by atoms with Gasteiger partial charge >= 0.3 is 0 Å². The van der Waals surface area contributed by atoms with E-state index in [1.807, 2.05) is 13.8 Å². The van der Waals surface area contributed by atoms with E-state index in [0.29, 0.717) is 17.2 Å². The van der Waals surface area contributed by atoms with Gasteiger partial charge in [0.05, 0.1) is 13.2 Å². The number of anilines is 1. The zero-order chi connectivity index (χ0) is 9.84. The SMILES string of the molecule is COc1ccc(N)cc1OC(C)C.Cl. The van der Waals surface area contributed by atoms with Gasteiger partial charge < -0.3 is 15.2 Å². The normalized spacial score (nSPS) is 9.43. The summed E-state index contributed by atoms with van der Waals surface area (Å²) in [4.78, 5) is 0. The highest BCUT2D eigenvalue weighted by Gasteiger charge is 2.05. The van der Waals surface area contributed by atoms with Gasteiger partial charge in [-0.15, -0.1) is 12.4 Å². The summed E-state index contributed by atoms with van der Waals surface area (Å²) >= 11 is 0. The van der Waals surface area contributed by atoms with Crippen LogP contribution >= 0.6 is 12.4 Å². The van der Waals surface area contributed by atoms with Crippen LogP contribution in [0.5, 0.6) is 11.5 Å². The number of rotatable bonds is 3. The van der Waals surface area contributed by atoms with Crippen LogP contribution in [0.4, 0.5) is 5.69 Å². The molecule has 0 aromatic heterocycles. The van der Waals surface area contributed by atoms with E-state index in [2.05, 4.69) is 0 Å². The second-order valence-corrected chi connectivity index (χ2v) is 3.08. The Morgan fingerprint density at radius 3 is 2.36 bits per heavy atom. The van der Waals surface area contributed by atoms with E-state index < -0.39 is 0 Å². The first-order valence-electron chi connectivity index (χ1n) is 4.23. The van der Waals surface area contributed by atoms with Crippen molar-refractivity contribution < 1.29 is 9.47 Å².